The van der Waals surface area contributed by atoms with Crippen molar-refractivity contribution in [1.29, 1.82) is 0 Å². The first kappa shape index (κ1) is 23.3. The van der Waals surface area contributed by atoms with Gasteiger partial charge in [-0.05, 0) is 89.5 Å². The molecule has 0 amide bonds. The SMILES string of the molecule is CCCCOC(=O)c1ccc(C=C(C)c2cc3c(cc2C)C(C)(C)CCC3(C)C)cc1. The van der Waals surface area contributed by atoms with E-state index in [1.54, 1.807) is 0 Å². The quantitative estimate of drug-likeness (QED) is 0.271. The summed E-state index contributed by atoms with van der Waals surface area (Å²) in [5.41, 5.74) is 9.02. The number of benzene rings is 2. The Morgan fingerprint density at radius 2 is 1.58 bits per heavy atom. The van der Waals surface area contributed by atoms with Crippen LogP contribution in [0, 0.1) is 6.92 Å². The Bertz CT molecular complexity index is 975. The van der Waals surface area contributed by atoms with Gasteiger partial charge in [0.15, 0.2) is 0 Å². The predicted octanol–water partition coefficient (Wildman–Crippen LogP) is 7.86. The molecule has 2 heteroatoms. The summed E-state index contributed by atoms with van der Waals surface area (Å²) in [5.74, 6) is -0.240. The first-order valence-electron chi connectivity index (χ1n) is 11.7. The molecular weight excluding hydrogens is 380 g/mol. The Morgan fingerprint density at radius 3 is 2.16 bits per heavy atom. The molecular formula is C29H38O2. The number of ether oxygens (including phenoxy) is 1. The number of esters is 1. The van der Waals surface area contributed by atoms with Crippen molar-refractivity contribution < 1.29 is 9.53 Å². The predicted molar refractivity (Wildman–Crippen MR) is 132 cm³/mol. The van der Waals surface area contributed by atoms with E-state index in [0.29, 0.717) is 12.2 Å². The maximum absolute atomic E-state index is 12.1. The van der Waals surface area contributed by atoms with Crippen molar-refractivity contribution in [2.75, 3.05) is 6.61 Å². The van der Waals surface area contributed by atoms with Gasteiger partial charge in [-0.3, -0.25) is 0 Å². The number of fused-ring (bicyclic) bond motifs is 1. The molecule has 0 bridgehead atoms. The summed E-state index contributed by atoms with van der Waals surface area (Å²) in [6.45, 7) is 16.5. The van der Waals surface area contributed by atoms with Crippen LogP contribution < -0.4 is 0 Å². The number of allylic oxidation sites excluding steroid dienone is 1. The van der Waals surface area contributed by atoms with Gasteiger partial charge in [0, 0.05) is 0 Å². The molecule has 166 valence electrons. The molecule has 0 aromatic heterocycles. The highest BCUT2D eigenvalue weighted by atomic mass is 16.5. The van der Waals surface area contributed by atoms with E-state index in [0.717, 1.165) is 18.4 Å². The number of unbranched alkanes of at least 4 members (excludes halogenated alkanes) is 1. The van der Waals surface area contributed by atoms with E-state index in [-0.39, 0.29) is 16.8 Å². The molecule has 0 radical (unpaired) electrons. The molecule has 2 nitrogen and oxygen atoms in total. The fourth-order valence-electron chi connectivity index (χ4n) is 4.58. The van der Waals surface area contributed by atoms with Crippen LogP contribution in [0.3, 0.4) is 0 Å². The van der Waals surface area contributed by atoms with Gasteiger partial charge in [-0.1, -0.05) is 71.4 Å². The third-order valence-corrected chi connectivity index (χ3v) is 6.88. The van der Waals surface area contributed by atoms with Gasteiger partial charge in [0.05, 0.1) is 12.2 Å². The molecule has 31 heavy (non-hydrogen) atoms. The Balaban J connectivity index is 1.88. The number of hydrogen-bond donors (Lipinski definition) is 0. The molecule has 0 saturated carbocycles. The van der Waals surface area contributed by atoms with Crippen molar-refractivity contribution in [3.8, 4) is 0 Å². The van der Waals surface area contributed by atoms with Gasteiger partial charge in [-0.15, -0.1) is 0 Å². The fraction of sp³-hybridized carbons (Fsp3) is 0.483. The first-order chi connectivity index (χ1) is 14.5. The molecule has 0 fully saturated rings. The lowest BCUT2D eigenvalue weighted by molar-refractivity contribution is 0.0499. The van der Waals surface area contributed by atoms with E-state index >= 15 is 0 Å². The van der Waals surface area contributed by atoms with Crippen molar-refractivity contribution >= 4 is 17.6 Å². The Morgan fingerprint density at radius 1 is 1.00 bits per heavy atom. The molecule has 2 aromatic rings. The normalized spacial score (nSPS) is 17.2. The van der Waals surface area contributed by atoms with Crippen LogP contribution in [-0.2, 0) is 15.6 Å². The van der Waals surface area contributed by atoms with Gasteiger partial charge in [-0.25, -0.2) is 4.79 Å². The second kappa shape index (κ2) is 9.02. The lowest BCUT2D eigenvalue weighted by Crippen LogP contribution is -2.34. The molecule has 0 unspecified atom stereocenters. The number of rotatable bonds is 6. The molecule has 0 saturated heterocycles. The summed E-state index contributed by atoms with van der Waals surface area (Å²) >= 11 is 0. The van der Waals surface area contributed by atoms with Gasteiger partial charge >= 0.3 is 5.97 Å². The third-order valence-electron chi connectivity index (χ3n) is 6.88. The van der Waals surface area contributed by atoms with Gasteiger partial charge in [-0.2, -0.15) is 0 Å². The van der Waals surface area contributed by atoms with Gasteiger partial charge in [0.1, 0.15) is 0 Å². The standard InChI is InChI=1S/C29H38O2/c1-8-9-16-31-27(30)23-12-10-22(11-13-23)17-20(2)24-19-26-25(18-21(24)3)28(4,5)14-15-29(26,6)7/h10-13,17-19H,8-9,14-16H2,1-7H3. The summed E-state index contributed by atoms with van der Waals surface area (Å²) in [7, 11) is 0. The molecule has 2 aromatic carbocycles. The topological polar surface area (TPSA) is 26.3 Å². The maximum atomic E-state index is 12.1. The monoisotopic (exact) mass is 418 g/mol. The average molecular weight is 419 g/mol. The Labute approximate surface area is 188 Å². The molecule has 0 heterocycles. The number of carbonyl (C=O) groups excluding carboxylic acids is 1. The van der Waals surface area contributed by atoms with Crippen LogP contribution in [-0.4, -0.2) is 12.6 Å². The maximum Gasteiger partial charge on any atom is 0.338 e. The minimum absolute atomic E-state index is 0.202. The first-order valence-corrected chi connectivity index (χ1v) is 11.7. The molecule has 0 N–H and O–H groups in total. The molecule has 0 atom stereocenters. The van der Waals surface area contributed by atoms with Crippen LogP contribution in [0.1, 0.15) is 105 Å². The highest BCUT2D eigenvalue weighted by molar-refractivity contribution is 5.90. The highest BCUT2D eigenvalue weighted by Gasteiger charge is 2.37. The van der Waals surface area contributed by atoms with Crippen molar-refractivity contribution in [2.45, 2.75) is 85.0 Å². The zero-order valence-electron chi connectivity index (χ0n) is 20.4. The largest absolute Gasteiger partial charge is 0.462 e. The van der Waals surface area contributed by atoms with Gasteiger partial charge in [0.25, 0.3) is 0 Å². The second-order valence-corrected chi connectivity index (χ2v) is 10.4. The fourth-order valence-corrected chi connectivity index (χ4v) is 4.58. The van der Waals surface area contributed by atoms with E-state index in [2.05, 4.69) is 66.7 Å². The van der Waals surface area contributed by atoms with Crippen LogP contribution >= 0.6 is 0 Å². The molecule has 1 aliphatic carbocycles. The minimum atomic E-state index is -0.240. The number of carbonyl (C=O) groups is 1. The zero-order valence-corrected chi connectivity index (χ0v) is 20.4. The van der Waals surface area contributed by atoms with Crippen molar-refractivity contribution in [3.05, 3.63) is 69.8 Å². The van der Waals surface area contributed by atoms with Crippen LogP contribution in [0.5, 0.6) is 0 Å². The summed E-state index contributed by atoms with van der Waals surface area (Å²) < 4.78 is 5.31. The molecule has 0 aliphatic heterocycles. The molecule has 0 spiro atoms. The zero-order chi connectivity index (χ0) is 22.8. The average Bonchev–Trinajstić information content (AvgIpc) is 2.72. The Hall–Kier alpha value is -2.35. The van der Waals surface area contributed by atoms with Crippen LogP contribution in [0.15, 0.2) is 36.4 Å². The minimum Gasteiger partial charge on any atom is -0.462 e. The van der Waals surface area contributed by atoms with Crippen LogP contribution in [0.25, 0.3) is 11.6 Å². The number of aryl methyl sites for hydroxylation is 1. The van der Waals surface area contributed by atoms with Crippen molar-refractivity contribution in [2.24, 2.45) is 0 Å². The summed E-state index contributed by atoms with van der Waals surface area (Å²) in [6, 6.07) is 12.6. The lowest BCUT2D eigenvalue weighted by atomic mass is 9.62. The summed E-state index contributed by atoms with van der Waals surface area (Å²) in [4.78, 5) is 12.1. The summed E-state index contributed by atoms with van der Waals surface area (Å²) in [5, 5.41) is 0. The second-order valence-electron chi connectivity index (χ2n) is 10.4. The van der Waals surface area contributed by atoms with Gasteiger partial charge in [0.2, 0.25) is 0 Å². The van der Waals surface area contributed by atoms with E-state index < -0.39 is 0 Å². The van der Waals surface area contributed by atoms with Crippen molar-refractivity contribution in [3.63, 3.8) is 0 Å². The van der Waals surface area contributed by atoms with E-state index in [1.165, 1.54) is 40.7 Å². The Kier molecular flexibility index (Phi) is 6.79. The highest BCUT2D eigenvalue weighted by Crippen LogP contribution is 2.47. The smallest absolute Gasteiger partial charge is 0.338 e. The molecule has 1 aliphatic rings. The summed E-state index contributed by atoms with van der Waals surface area (Å²) in [6.07, 6.45) is 6.58. The van der Waals surface area contributed by atoms with E-state index in [1.807, 2.05) is 24.3 Å². The van der Waals surface area contributed by atoms with E-state index in [9.17, 15) is 4.79 Å². The number of hydrogen-bond acceptors (Lipinski definition) is 2. The lowest BCUT2D eigenvalue weighted by Gasteiger charge is -2.42. The van der Waals surface area contributed by atoms with Crippen LogP contribution in [0.2, 0.25) is 0 Å². The van der Waals surface area contributed by atoms with Crippen molar-refractivity contribution in [1.82, 2.24) is 0 Å². The van der Waals surface area contributed by atoms with E-state index in [4.69, 9.17) is 4.74 Å². The van der Waals surface area contributed by atoms with Crippen LogP contribution in [0.4, 0.5) is 0 Å². The molecule has 3 rings (SSSR count). The third kappa shape index (κ3) is 5.11. The van der Waals surface area contributed by atoms with Gasteiger partial charge < -0.3 is 4.74 Å².